The van der Waals surface area contributed by atoms with Crippen LogP contribution < -0.4 is 4.90 Å². The SMILES string of the molecule is CC1(C2=CCC3(C)C(=C2)c2ccccc2N3c2ccccc2)C=Cc2c(c3ccccc3n2-c2cccc3c2sc2ccccc23)C1. The van der Waals surface area contributed by atoms with Crippen LogP contribution in [0, 0.1) is 5.41 Å². The van der Waals surface area contributed by atoms with Crippen molar-refractivity contribution in [1.29, 1.82) is 0 Å². The summed E-state index contributed by atoms with van der Waals surface area (Å²) < 4.78 is 5.21. The van der Waals surface area contributed by atoms with Crippen molar-refractivity contribution in [3.8, 4) is 5.69 Å². The number of hydrogen-bond donors (Lipinski definition) is 0. The summed E-state index contributed by atoms with van der Waals surface area (Å²) in [6, 6.07) is 44.5. The third-order valence-electron chi connectivity index (χ3n) is 11.0. The van der Waals surface area contributed by atoms with E-state index in [4.69, 9.17) is 0 Å². The molecule has 226 valence electrons. The van der Waals surface area contributed by atoms with E-state index in [1.165, 1.54) is 76.1 Å². The van der Waals surface area contributed by atoms with Crippen molar-refractivity contribution >= 4 is 65.4 Å². The summed E-state index contributed by atoms with van der Waals surface area (Å²) in [4.78, 5) is 2.56. The standard InChI is InChI=1S/C44H34N2S/c1-43(29-23-26-44(2)36(27-29)34-17-7-10-20-39(34)46(44)30-13-4-3-5-14-30)25-24-38-35(28-43)31-15-6-9-19-37(31)45(38)40-21-12-18-33-32-16-8-11-22-41(32)47-42(33)40/h3-25,27H,26,28H2,1-2H3. The third kappa shape index (κ3) is 3.72. The van der Waals surface area contributed by atoms with Crippen LogP contribution in [0.25, 0.3) is 48.4 Å². The molecular formula is C44H34N2S. The first-order valence-electron chi connectivity index (χ1n) is 16.6. The first kappa shape index (κ1) is 27.0. The Morgan fingerprint density at radius 3 is 2.30 bits per heavy atom. The van der Waals surface area contributed by atoms with E-state index < -0.39 is 0 Å². The number of thiophene rings is 1. The highest BCUT2D eigenvalue weighted by Crippen LogP contribution is 2.56. The number of hydrogen-bond acceptors (Lipinski definition) is 2. The van der Waals surface area contributed by atoms with Crippen molar-refractivity contribution in [2.24, 2.45) is 5.41 Å². The Morgan fingerprint density at radius 1 is 0.681 bits per heavy atom. The third-order valence-corrected chi connectivity index (χ3v) is 12.2. The van der Waals surface area contributed by atoms with Gasteiger partial charge in [-0.25, -0.2) is 0 Å². The molecule has 0 N–H and O–H groups in total. The van der Waals surface area contributed by atoms with Gasteiger partial charge in [0.2, 0.25) is 0 Å². The summed E-state index contributed by atoms with van der Waals surface area (Å²) in [6.07, 6.45) is 11.9. The minimum atomic E-state index is -0.132. The Bertz CT molecular complexity index is 2510. The molecule has 2 aromatic heterocycles. The molecule has 2 aliphatic carbocycles. The molecule has 7 aromatic rings. The van der Waals surface area contributed by atoms with Gasteiger partial charge in [0.15, 0.2) is 0 Å². The second kappa shape index (κ2) is 9.70. The van der Waals surface area contributed by atoms with Crippen molar-refractivity contribution in [1.82, 2.24) is 4.57 Å². The van der Waals surface area contributed by atoms with Crippen molar-refractivity contribution in [3.63, 3.8) is 0 Å². The highest BCUT2D eigenvalue weighted by atomic mass is 32.1. The molecule has 3 aliphatic rings. The van der Waals surface area contributed by atoms with Gasteiger partial charge in [0.05, 0.1) is 21.4 Å². The molecule has 3 heterocycles. The Kier molecular flexibility index (Phi) is 5.58. The minimum absolute atomic E-state index is 0.116. The highest BCUT2D eigenvalue weighted by Gasteiger charge is 2.47. The second-order valence-electron chi connectivity index (χ2n) is 13.8. The largest absolute Gasteiger partial charge is 0.331 e. The zero-order chi connectivity index (χ0) is 31.3. The van der Waals surface area contributed by atoms with Crippen molar-refractivity contribution in [3.05, 3.63) is 162 Å². The number of aromatic nitrogens is 1. The van der Waals surface area contributed by atoms with Crippen LogP contribution in [0.3, 0.4) is 0 Å². The maximum atomic E-state index is 2.56. The monoisotopic (exact) mass is 622 g/mol. The maximum Gasteiger partial charge on any atom is 0.0715 e. The van der Waals surface area contributed by atoms with Gasteiger partial charge >= 0.3 is 0 Å². The predicted molar refractivity (Wildman–Crippen MR) is 201 cm³/mol. The van der Waals surface area contributed by atoms with Gasteiger partial charge in [-0.3, -0.25) is 0 Å². The van der Waals surface area contributed by atoms with Gasteiger partial charge in [-0.15, -0.1) is 11.3 Å². The molecule has 10 rings (SSSR count). The van der Waals surface area contributed by atoms with Gasteiger partial charge in [0, 0.05) is 48.9 Å². The zero-order valence-electron chi connectivity index (χ0n) is 26.6. The second-order valence-corrected chi connectivity index (χ2v) is 14.8. The summed E-state index contributed by atoms with van der Waals surface area (Å²) in [5.41, 5.74) is 11.8. The van der Waals surface area contributed by atoms with E-state index in [0.29, 0.717) is 0 Å². The summed E-state index contributed by atoms with van der Waals surface area (Å²) in [6.45, 7) is 4.85. The molecule has 0 saturated carbocycles. The molecule has 1 aliphatic heterocycles. The van der Waals surface area contributed by atoms with Crippen LogP contribution in [0.4, 0.5) is 11.4 Å². The molecule has 0 bridgehead atoms. The van der Waals surface area contributed by atoms with Crippen LogP contribution in [-0.4, -0.2) is 10.1 Å². The molecule has 0 spiro atoms. The predicted octanol–water partition coefficient (Wildman–Crippen LogP) is 11.9. The van der Waals surface area contributed by atoms with E-state index in [-0.39, 0.29) is 11.0 Å². The van der Waals surface area contributed by atoms with E-state index in [1.54, 1.807) is 0 Å². The lowest BCUT2D eigenvalue weighted by atomic mass is 9.69. The summed E-state index contributed by atoms with van der Waals surface area (Å²) in [5, 5.41) is 4.03. The Morgan fingerprint density at radius 2 is 1.40 bits per heavy atom. The number of para-hydroxylation sites is 3. The molecule has 0 fully saturated rings. The average Bonchev–Trinajstić information content (AvgIpc) is 3.73. The van der Waals surface area contributed by atoms with E-state index in [0.717, 1.165) is 12.8 Å². The summed E-state index contributed by atoms with van der Waals surface area (Å²) in [7, 11) is 0. The topological polar surface area (TPSA) is 8.17 Å². The number of fused-ring (bicyclic) bond motifs is 9. The van der Waals surface area contributed by atoms with Gasteiger partial charge < -0.3 is 9.47 Å². The highest BCUT2D eigenvalue weighted by molar-refractivity contribution is 7.26. The van der Waals surface area contributed by atoms with Crippen LogP contribution in [0.1, 0.15) is 37.1 Å². The van der Waals surface area contributed by atoms with Gasteiger partial charge in [-0.1, -0.05) is 110 Å². The molecule has 0 amide bonds. The van der Waals surface area contributed by atoms with Crippen molar-refractivity contribution in [2.45, 2.75) is 32.2 Å². The van der Waals surface area contributed by atoms with Gasteiger partial charge in [0.25, 0.3) is 0 Å². The van der Waals surface area contributed by atoms with E-state index in [1.807, 2.05) is 11.3 Å². The number of nitrogens with zero attached hydrogens (tertiary/aromatic N) is 2. The Balaban J connectivity index is 1.11. The fraction of sp³-hybridized carbons (Fsp3) is 0.136. The quantitative estimate of drug-likeness (QED) is 0.190. The fourth-order valence-corrected chi connectivity index (χ4v) is 9.88. The lowest BCUT2D eigenvalue weighted by Crippen LogP contribution is -2.41. The van der Waals surface area contributed by atoms with Crippen molar-refractivity contribution < 1.29 is 0 Å². The zero-order valence-corrected chi connectivity index (χ0v) is 27.4. The number of benzene rings is 5. The molecule has 2 atom stereocenters. The summed E-state index contributed by atoms with van der Waals surface area (Å²) >= 11 is 1.90. The maximum absolute atomic E-state index is 2.56. The number of allylic oxidation sites excluding steroid dienone is 3. The first-order chi connectivity index (χ1) is 23.0. The lowest BCUT2D eigenvalue weighted by Gasteiger charge is -2.42. The van der Waals surface area contributed by atoms with Gasteiger partial charge in [-0.05, 0) is 78.9 Å². The average molecular weight is 623 g/mol. The lowest BCUT2D eigenvalue weighted by molar-refractivity contribution is 0.505. The summed E-state index contributed by atoms with van der Waals surface area (Å²) in [5.74, 6) is 0. The first-order valence-corrected chi connectivity index (χ1v) is 17.4. The van der Waals surface area contributed by atoms with Crippen LogP contribution in [0.15, 0.2) is 145 Å². The fourth-order valence-electron chi connectivity index (χ4n) is 8.67. The molecular weight excluding hydrogens is 589 g/mol. The number of rotatable bonds is 3. The molecule has 2 unspecified atom stereocenters. The van der Waals surface area contributed by atoms with Gasteiger partial charge in [-0.2, -0.15) is 0 Å². The molecule has 2 nitrogen and oxygen atoms in total. The van der Waals surface area contributed by atoms with Crippen LogP contribution in [-0.2, 0) is 6.42 Å². The van der Waals surface area contributed by atoms with E-state index in [9.17, 15) is 0 Å². The molecule has 5 aromatic carbocycles. The Hall–Kier alpha value is -5.12. The Labute approximate surface area is 279 Å². The van der Waals surface area contributed by atoms with Crippen LogP contribution >= 0.6 is 11.3 Å². The van der Waals surface area contributed by atoms with Crippen LogP contribution in [0.2, 0.25) is 0 Å². The smallest absolute Gasteiger partial charge is 0.0715 e. The van der Waals surface area contributed by atoms with Crippen LogP contribution in [0.5, 0.6) is 0 Å². The number of anilines is 2. The van der Waals surface area contributed by atoms with E-state index in [2.05, 4.69) is 169 Å². The molecule has 47 heavy (non-hydrogen) atoms. The molecule has 3 heteroatoms. The van der Waals surface area contributed by atoms with Crippen molar-refractivity contribution in [2.75, 3.05) is 4.90 Å². The van der Waals surface area contributed by atoms with E-state index >= 15 is 0 Å². The minimum Gasteiger partial charge on any atom is -0.331 e. The normalized spacial score (nSPS) is 21.5. The molecule has 0 radical (unpaired) electrons. The molecule has 0 saturated heterocycles. The van der Waals surface area contributed by atoms with Gasteiger partial charge in [0.1, 0.15) is 0 Å².